The quantitative estimate of drug-likeness (QED) is 0.154. The fraction of sp³-hybridized carbons (Fsp3) is 0.185. The maximum atomic E-state index is 12.6. The second-order valence-corrected chi connectivity index (χ2v) is 8.64. The fourth-order valence-electron chi connectivity index (χ4n) is 3.15. The highest BCUT2D eigenvalue weighted by molar-refractivity contribution is 9.10. The number of hydrogen-bond acceptors (Lipinski definition) is 6. The molecule has 0 bridgehead atoms. The Hall–Kier alpha value is -3.49. The van der Waals surface area contributed by atoms with Crippen LogP contribution >= 0.6 is 27.5 Å². The van der Waals surface area contributed by atoms with Crippen molar-refractivity contribution in [1.29, 1.82) is 0 Å². The minimum absolute atomic E-state index is 0.320. The minimum atomic E-state index is -0.394. The summed E-state index contributed by atoms with van der Waals surface area (Å²) in [4.78, 5) is 12.6. The van der Waals surface area contributed by atoms with E-state index in [0.29, 0.717) is 63.4 Å². The largest absolute Gasteiger partial charge is 0.493 e. The van der Waals surface area contributed by atoms with Gasteiger partial charge >= 0.3 is 0 Å². The molecule has 0 aliphatic carbocycles. The molecule has 0 aliphatic rings. The smallest absolute Gasteiger partial charge is 0.271 e. The molecular formula is C27H26BrClN2O5. The van der Waals surface area contributed by atoms with Gasteiger partial charge in [0, 0.05) is 10.6 Å². The van der Waals surface area contributed by atoms with Crippen molar-refractivity contribution in [2.24, 2.45) is 5.10 Å². The zero-order chi connectivity index (χ0) is 25.9. The van der Waals surface area contributed by atoms with E-state index in [-0.39, 0.29) is 0 Å². The monoisotopic (exact) mass is 572 g/mol. The third kappa shape index (κ3) is 7.50. The molecular weight excluding hydrogens is 548 g/mol. The summed E-state index contributed by atoms with van der Waals surface area (Å²) in [6, 6.07) is 15.9. The Morgan fingerprint density at radius 2 is 1.92 bits per heavy atom. The van der Waals surface area contributed by atoms with Crippen molar-refractivity contribution in [2.45, 2.75) is 13.5 Å². The topological polar surface area (TPSA) is 78.4 Å². The maximum Gasteiger partial charge on any atom is 0.271 e. The van der Waals surface area contributed by atoms with Crippen molar-refractivity contribution in [2.75, 3.05) is 20.3 Å². The SMILES string of the molecule is C=CCOc1ccc(C(=O)N/N=C/c2cc(Br)c(OCc3cccc(Cl)c3)c(OC)c2)cc1OCC. The Balaban J connectivity index is 1.68. The molecule has 36 heavy (non-hydrogen) atoms. The van der Waals surface area contributed by atoms with Crippen molar-refractivity contribution < 1.29 is 23.7 Å². The van der Waals surface area contributed by atoms with E-state index in [1.807, 2.05) is 31.2 Å². The average molecular weight is 574 g/mol. The number of methoxy groups -OCH3 is 1. The van der Waals surface area contributed by atoms with E-state index < -0.39 is 5.91 Å². The molecule has 3 rings (SSSR count). The summed E-state index contributed by atoms with van der Waals surface area (Å²) < 4.78 is 23.3. The van der Waals surface area contributed by atoms with Crippen LogP contribution in [0.15, 0.2) is 76.8 Å². The molecule has 7 nitrogen and oxygen atoms in total. The van der Waals surface area contributed by atoms with Gasteiger partial charge in [-0.05, 0) is 76.4 Å². The number of nitrogens with one attached hydrogen (secondary N) is 1. The molecule has 0 saturated carbocycles. The maximum absolute atomic E-state index is 12.6. The van der Waals surface area contributed by atoms with E-state index in [0.717, 1.165) is 5.56 Å². The van der Waals surface area contributed by atoms with Crippen molar-refractivity contribution in [1.82, 2.24) is 5.43 Å². The van der Waals surface area contributed by atoms with Crippen LogP contribution < -0.4 is 24.4 Å². The second-order valence-electron chi connectivity index (χ2n) is 7.35. The van der Waals surface area contributed by atoms with Crippen LogP contribution in [0.4, 0.5) is 0 Å². The highest BCUT2D eigenvalue weighted by Crippen LogP contribution is 2.37. The summed E-state index contributed by atoms with van der Waals surface area (Å²) in [6.45, 7) is 6.58. The molecule has 0 unspecified atom stereocenters. The van der Waals surface area contributed by atoms with Gasteiger partial charge in [0.15, 0.2) is 23.0 Å². The van der Waals surface area contributed by atoms with Crippen molar-refractivity contribution in [3.63, 3.8) is 0 Å². The Morgan fingerprint density at radius 3 is 2.64 bits per heavy atom. The summed E-state index contributed by atoms with van der Waals surface area (Å²) >= 11 is 9.56. The van der Waals surface area contributed by atoms with Gasteiger partial charge in [0.25, 0.3) is 5.91 Å². The molecule has 0 atom stereocenters. The summed E-state index contributed by atoms with van der Waals surface area (Å²) in [6.07, 6.45) is 3.15. The predicted octanol–water partition coefficient (Wildman–Crippen LogP) is 6.42. The van der Waals surface area contributed by atoms with Crippen molar-refractivity contribution >= 4 is 39.7 Å². The minimum Gasteiger partial charge on any atom is -0.493 e. The van der Waals surface area contributed by atoms with Gasteiger partial charge in [-0.25, -0.2) is 5.43 Å². The lowest BCUT2D eigenvalue weighted by Crippen LogP contribution is -2.17. The van der Waals surface area contributed by atoms with E-state index in [1.54, 1.807) is 43.5 Å². The number of hydrazone groups is 1. The molecule has 0 spiro atoms. The number of ether oxygens (including phenoxy) is 4. The van der Waals surface area contributed by atoms with Crippen LogP contribution in [0.25, 0.3) is 0 Å². The molecule has 0 saturated heterocycles. The number of hydrogen-bond donors (Lipinski definition) is 1. The predicted molar refractivity (Wildman–Crippen MR) is 145 cm³/mol. The van der Waals surface area contributed by atoms with E-state index in [9.17, 15) is 4.79 Å². The van der Waals surface area contributed by atoms with E-state index in [1.165, 1.54) is 6.21 Å². The highest BCUT2D eigenvalue weighted by atomic mass is 79.9. The summed E-state index contributed by atoms with van der Waals surface area (Å²) in [5.74, 6) is 1.66. The summed E-state index contributed by atoms with van der Waals surface area (Å²) in [5, 5.41) is 4.71. The molecule has 0 radical (unpaired) electrons. The Morgan fingerprint density at radius 1 is 1.08 bits per heavy atom. The third-order valence-electron chi connectivity index (χ3n) is 4.77. The molecule has 3 aromatic carbocycles. The zero-order valence-corrected chi connectivity index (χ0v) is 22.3. The normalized spacial score (nSPS) is 10.7. The Labute approximate surface area is 223 Å². The van der Waals surface area contributed by atoms with Gasteiger partial charge in [0.1, 0.15) is 13.2 Å². The molecule has 1 amide bonds. The van der Waals surface area contributed by atoms with Gasteiger partial charge in [-0.3, -0.25) is 4.79 Å². The molecule has 188 valence electrons. The van der Waals surface area contributed by atoms with Crippen LogP contribution in [0, 0.1) is 0 Å². The van der Waals surface area contributed by atoms with Crippen LogP contribution in [0.5, 0.6) is 23.0 Å². The number of benzene rings is 3. The second kappa shape index (κ2) is 13.6. The van der Waals surface area contributed by atoms with Crippen molar-refractivity contribution in [3.8, 4) is 23.0 Å². The number of amides is 1. The standard InChI is InChI=1S/C27H26BrClN2O5/c1-4-11-35-23-10-9-20(15-24(23)34-5-2)27(32)31-30-16-19-13-22(28)26(25(14-19)33-3)36-17-18-7-6-8-21(29)12-18/h4,6-10,12-16H,1,5,11,17H2,2-3H3,(H,31,32)/b30-16+. The van der Waals surface area contributed by atoms with Crippen molar-refractivity contribution in [3.05, 3.63) is 93.4 Å². The molecule has 3 aromatic rings. The molecule has 1 N–H and O–H groups in total. The highest BCUT2D eigenvalue weighted by Gasteiger charge is 2.13. The number of nitrogens with zero attached hydrogens (tertiary/aromatic N) is 1. The number of carbonyl (C=O) groups is 1. The first-order chi connectivity index (χ1) is 17.4. The summed E-state index contributed by atoms with van der Waals surface area (Å²) in [7, 11) is 1.55. The van der Waals surface area contributed by atoms with Gasteiger partial charge in [0.05, 0.1) is 24.4 Å². The van der Waals surface area contributed by atoms with Crippen LogP contribution in [-0.4, -0.2) is 32.4 Å². The average Bonchev–Trinajstić information content (AvgIpc) is 2.87. The lowest BCUT2D eigenvalue weighted by Gasteiger charge is -2.14. The van der Waals surface area contributed by atoms with Crippen LogP contribution in [0.1, 0.15) is 28.4 Å². The lowest BCUT2D eigenvalue weighted by molar-refractivity contribution is 0.0954. The zero-order valence-electron chi connectivity index (χ0n) is 19.9. The van der Waals surface area contributed by atoms with E-state index in [2.05, 4.69) is 33.0 Å². The van der Waals surface area contributed by atoms with E-state index >= 15 is 0 Å². The summed E-state index contributed by atoms with van der Waals surface area (Å²) in [5.41, 5.74) is 4.52. The fourth-order valence-corrected chi connectivity index (χ4v) is 3.94. The molecule has 0 aromatic heterocycles. The number of carbonyl (C=O) groups excluding carboxylic acids is 1. The van der Waals surface area contributed by atoms with Gasteiger partial charge < -0.3 is 18.9 Å². The first-order valence-corrected chi connectivity index (χ1v) is 12.2. The van der Waals surface area contributed by atoms with Gasteiger partial charge in [0.2, 0.25) is 0 Å². The molecule has 9 heteroatoms. The van der Waals surface area contributed by atoms with E-state index in [4.69, 9.17) is 30.5 Å². The molecule has 0 heterocycles. The van der Waals surface area contributed by atoms with Gasteiger partial charge in [-0.1, -0.05) is 36.4 Å². The Bertz CT molecular complexity index is 1250. The Kier molecular flexibility index (Phi) is 10.2. The first-order valence-electron chi connectivity index (χ1n) is 11.0. The molecule has 0 fully saturated rings. The lowest BCUT2D eigenvalue weighted by atomic mass is 10.2. The van der Waals surface area contributed by atoms with Crippen LogP contribution in [0.2, 0.25) is 5.02 Å². The first kappa shape index (κ1) is 27.1. The third-order valence-corrected chi connectivity index (χ3v) is 5.59. The molecule has 0 aliphatic heterocycles. The number of rotatable bonds is 12. The van der Waals surface area contributed by atoms with Gasteiger partial charge in [-0.15, -0.1) is 0 Å². The van der Waals surface area contributed by atoms with Crippen LogP contribution in [-0.2, 0) is 6.61 Å². The van der Waals surface area contributed by atoms with Gasteiger partial charge in [-0.2, -0.15) is 5.10 Å². The van der Waals surface area contributed by atoms with Crippen LogP contribution in [0.3, 0.4) is 0 Å². The number of halogens is 2.